The van der Waals surface area contributed by atoms with E-state index in [9.17, 15) is 22.8 Å². The number of H-pyrrole nitrogens is 1. The third-order valence-corrected chi connectivity index (χ3v) is 6.69. The van der Waals surface area contributed by atoms with Gasteiger partial charge in [-0.2, -0.15) is 0 Å². The third kappa shape index (κ3) is 5.99. The van der Waals surface area contributed by atoms with Crippen molar-refractivity contribution in [1.29, 1.82) is 0 Å². The lowest BCUT2D eigenvalue weighted by Crippen LogP contribution is -2.45. The lowest BCUT2D eigenvalue weighted by atomic mass is 10.1. The van der Waals surface area contributed by atoms with E-state index in [1.165, 1.54) is 23.1 Å². The predicted molar refractivity (Wildman–Crippen MR) is 139 cm³/mol. The van der Waals surface area contributed by atoms with Crippen molar-refractivity contribution in [2.24, 2.45) is 0 Å². The normalized spacial score (nSPS) is 12.9. The first-order valence-electron chi connectivity index (χ1n) is 12.5. The number of urea groups is 1. The molecule has 0 saturated heterocycles. The molecule has 1 aliphatic rings. The molecule has 0 bridgehead atoms. The van der Waals surface area contributed by atoms with E-state index in [0.29, 0.717) is 13.0 Å². The molecule has 2 N–H and O–H groups in total. The first-order chi connectivity index (χ1) is 18.4. The Bertz CT molecular complexity index is 1450. The van der Waals surface area contributed by atoms with Gasteiger partial charge in [0, 0.05) is 48.0 Å². The average Bonchev–Trinajstić information content (AvgIpc) is 3.67. The summed E-state index contributed by atoms with van der Waals surface area (Å²) in [5, 5.41) is 3.65. The highest BCUT2D eigenvalue weighted by Gasteiger charge is 2.35. The number of carbonyl (C=O) groups is 2. The third-order valence-electron chi connectivity index (χ3n) is 6.69. The molecular weight excluding hydrogens is 493 g/mol. The maximum absolute atomic E-state index is 13.6. The Morgan fingerprint density at radius 1 is 0.947 bits per heavy atom. The summed E-state index contributed by atoms with van der Waals surface area (Å²) in [7, 11) is 0. The van der Waals surface area contributed by atoms with E-state index in [-0.39, 0.29) is 36.5 Å². The second-order valence-electron chi connectivity index (χ2n) is 9.47. The van der Waals surface area contributed by atoms with Gasteiger partial charge in [0.25, 0.3) is 0 Å². The van der Waals surface area contributed by atoms with Crippen LogP contribution >= 0.6 is 0 Å². The Labute approximate surface area is 218 Å². The number of nitrogens with one attached hydrogen (secondary N) is 2. The number of rotatable bonds is 9. The molecule has 196 valence electrons. The second-order valence-corrected chi connectivity index (χ2v) is 9.47. The molecule has 0 radical (unpaired) electrons. The second kappa shape index (κ2) is 11.0. The van der Waals surface area contributed by atoms with Crippen molar-refractivity contribution in [3.8, 4) is 0 Å². The summed E-state index contributed by atoms with van der Waals surface area (Å²) in [6, 6.07) is 16.3. The molecule has 1 fully saturated rings. The van der Waals surface area contributed by atoms with Crippen molar-refractivity contribution >= 4 is 28.5 Å². The number of aromatic amines is 1. The van der Waals surface area contributed by atoms with Gasteiger partial charge in [0.2, 0.25) is 5.91 Å². The molecule has 1 aromatic heterocycles. The van der Waals surface area contributed by atoms with Crippen molar-refractivity contribution in [1.82, 2.24) is 14.8 Å². The van der Waals surface area contributed by atoms with Crippen molar-refractivity contribution in [3.63, 3.8) is 0 Å². The minimum Gasteiger partial charge on any atom is -0.361 e. The van der Waals surface area contributed by atoms with Crippen LogP contribution in [0.5, 0.6) is 0 Å². The Hall–Kier alpha value is -4.27. The monoisotopic (exact) mass is 520 g/mol. The van der Waals surface area contributed by atoms with E-state index in [4.69, 9.17) is 0 Å². The number of aromatic nitrogens is 1. The molecular formula is C29H27F3N4O2. The van der Waals surface area contributed by atoms with Crippen LogP contribution in [0.15, 0.2) is 72.9 Å². The maximum atomic E-state index is 13.6. The quantitative estimate of drug-likeness (QED) is 0.291. The molecule has 9 heteroatoms. The Morgan fingerprint density at radius 3 is 2.45 bits per heavy atom. The van der Waals surface area contributed by atoms with Gasteiger partial charge in [0.15, 0.2) is 11.6 Å². The first-order valence-corrected chi connectivity index (χ1v) is 12.5. The van der Waals surface area contributed by atoms with E-state index in [2.05, 4.69) is 10.3 Å². The number of para-hydroxylation sites is 1. The summed E-state index contributed by atoms with van der Waals surface area (Å²) in [4.78, 5) is 32.9. The number of fused-ring (bicyclic) bond motifs is 1. The van der Waals surface area contributed by atoms with E-state index in [1.807, 2.05) is 30.5 Å². The van der Waals surface area contributed by atoms with Crippen LogP contribution in [0.4, 0.5) is 23.7 Å². The van der Waals surface area contributed by atoms with Crippen molar-refractivity contribution in [2.75, 3.05) is 18.4 Å². The minimum atomic E-state index is -1.07. The fraction of sp³-hybridized carbons (Fsp3) is 0.241. The molecule has 0 spiro atoms. The summed E-state index contributed by atoms with van der Waals surface area (Å²) < 4.78 is 40.4. The van der Waals surface area contributed by atoms with E-state index < -0.39 is 17.7 Å². The fourth-order valence-electron chi connectivity index (χ4n) is 4.46. The summed E-state index contributed by atoms with van der Waals surface area (Å²) in [5.41, 5.74) is 2.94. The number of halogens is 3. The number of nitrogens with zero attached hydrogens (tertiary/aromatic N) is 2. The fourth-order valence-corrected chi connectivity index (χ4v) is 4.46. The summed E-state index contributed by atoms with van der Waals surface area (Å²) in [5.74, 6) is -2.70. The molecule has 38 heavy (non-hydrogen) atoms. The molecule has 3 aromatic carbocycles. The van der Waals surface area contributed by atoms with Crippen LogP contribution in [0, 0.1) is 17.5 Å². The van der Waals surface area contributed by atoms with Gasteiger partial charge in [-0.1, -0.05) is 30.3 Å². The molecule has 1 saturated carbocycles. The minimum absolute atomic E-state index is 0.106. The summed E-state index contributed by atoms with van der Waals surface area (Å²) in [6.07, 6.45) is 4.02. The van der Waals surface area contributed by atoms with Gasteiger partial charge in [-0.3, -0.25) is 4.79 Å². The topological polar surface area (TPSA) is 68.4 Å². The number of benzene rings is 3. The highest BCUT2D eigenvalue weighted by molar-refractivity contribution is 5.93. The molecule has 5 rings (SSSR count). The number of anilines is 1. The predicted octanol–water partition coefficient (Wildman–Crippen LogP) is 5.85. The van der Waals surface area contributed by atoms with Crippen LogP contribution < -0.4 is 5.32 Å². The molecule has 0 unspecified atom stereocenters. The Balaban J connectivity index is 1.32. The lowest BCUT2D eigenvalue weighted by Gasteiger charge is -2.28. The molecule has 3 amide bonds. The van der Waals surface area contributed by atoms with Crippen LogP contribution in [0.2, 0.25) is 0 Å². The van der Waals surface area contributed by atoms with Gasteiger partial charge in [-0.05, 0) is 60.7 Å². The van der Waals surface area contributed by atoms with Crippen LogP contribution in [0.1, 0.15) is 24.0 Å². The molecule has 1 heterocycles. The summed E-state index contributed by atoms with van der Waals surface area (Å²) >= 11 is 0. The van der Waals surface area contributed by atoms with Crippen molar-refractivity contribution < 1.29 is 22.8 Å². The van der Waals surface area contributed by atoms with Crippen LogP contribution in [-0.2, 0) is 17.8 Å². The van der Waals surface area contributed by atoms with Crippen LogP contribution in [0.25, 0.3) is 10.9 Å². The standard InChI is InChI=1S/C29H27F3N4O2/c30-21-7-5-19(6-8-21)17-35(14-13-20-16-33-27-4-2-1-3-24(20)27)28(37)18-36(23-10-11-23)29(38)34-22-9-12-25(31)26(32)15-22/h1-9,12,15-16,23,33H,10-11,13-14,17-18H2,(H,34,38). The van der Waals surface area contributed by atoms with Crippen molar-refractivity contribution in [3.05, 3.63) is 102 Å². The summed E-state index contributed by atoms with van der Waals surface area (Å²) in [6.45, 7) is 0.474. The number of amides is 3. The van der Waals surface area contributed by atoms with Gasteiger partial charge < -0.3 is 20.1 Å². The van der Waals surface area contributed by atoms with Crippen molar-refractivity contribution in [2.45, 2.75) is 31.8 Å². The zero-order valence-electron chi connectivity index (χ0n) is 20.6. The van der Waals surface area contributed by atoms with Gasteiger partial charge in [0.1, 0.15) is 12.4 Å². The van der Waals surface area contributed by atoms with E-state index >= 15 is 0 Å². The average molecular weight is 521 g/mol. The van der Waals surface area contributed by atoms with E-state index in [0.717, 1.165) is 47.0 Å². The zero-order valence-corrected chi connectivity index (χ0v) is 20.6. The maximum Gasteiger partial charge on any atom is 0.322 e. The van der Waals surface area contributed by atoms with Gasteiger partial charge in [-0.15, -0.1) is 0 Å². The van der Waals surface area contributed by atoms with E-state index in [1.54, 1.807) is 17.0 Å². The van der Waals surface area contributed by atoms with Crippen LogP contribution in [0.3, 0.4) is 0 Å². The van der Waals surface area contributed by atoms with Crippen LogP contribution in [-0.4, -0.2) is 45.9 Å². The first kappa shape index (κ1) is 25.4. The SMILES string of the molecule is O=C(CN(C(=O)Nc1ccc(F)c(F)c1)C1CC1)N(CCc1c[nH]c2ccccc12)Cc1ccc(F)cc1. The van der Waals surface area contributed by atoms with Gasteiger partial charge >= 0.3 is 6.03 Å². The smallest absolute Gasteiger partial charge is 0.322 e. The zero-order chi connectivity index (χ0) is 26.6. The molecule has 0 atom stereocenters. The number of hydrogen-bond donors (Lipinski definition) is 2. The highest BCUT2D eigenvalue weighted by atomic mass is 19.2. The largest absolute Gasteiger partial charge is 0.361 e. The highest BCUT2D eigenvalue weighted by Crippen LogP contribution is 2.28. The molecule has 0 aliphatic heterocycles. The Morgan fingerprint density at radius 2 is 1.71 bits per heavy atom. The van der Waals surface area contributed by atoms with Gasteiger partial charge in [0.05, 0.1) is 0 Å². The lowest BCUT2D eigenvalue weighted by molar-refractivity contribution is -0.132. The van der Waals surface area contributed by atoms with Gasteiger partial charge in [-0.25, -0.2) is 18.0 Å². The Kier molecular flexibility index (Phi) is 7.35. The molecule has 6 nitrogen and oxygen atoms in total. The molecule has 1 aliphatic carbocycles. The number of carbonyl (C=O) groups excluding carboxylic acids is 2. The number of hydrogen-bond acceptors (Lipinski definition) is 2. The molecule has 4 aromatic rings.